The maximum Gasteiger partial charge on any atom is 0.257 e. The second-order valence-electron chi connectivity index (χ2n) is 7.94. The summed E-state index contributed by atoms with van der Waals surface area (Å²) < 4.78 is 15.1. The number of aromatic nitrogens is 2. The van der Waals surface area contributed by atoms with Crippen LogP contribution in [0.5, 0.6) is 0 Å². The Kier molecular flexibility index (Phi) is 5.57. The summed E-state index contributed by atoms with van der Waals surface area (Å²) in [4.78, 5) is 17.3. The number of anilines is 1. The lowest BCUT2D eigenvalue weighted by Crippen LogP contribution is -2.49. The van der Waals surface area contributed by atoms with E-state index in [1.807, 2.05) is 23.4 Å². The van der Waals surface area contributed by atoms with Crippen molar-refractivity contribution in [2.75, 3.05) is 31.1 Å². The number of aryl methyl sites for hydroxylation is 2. The van der Waals surface area contributed by atoms with Crippen LogP contribution in [0.15, 0.2) is 48.5 Å². The fourth-order valence-electron chi connectivity index (χ4n) is 4.00. The molecule has 1 saturated heterocycles. The molecular weight excluding hydrogens is 379 g/mol. The molecule has 0 spiro atoms. The molecule has 5 nitrogen and oxygen atoms in total. The molecular formula is C24H27FN4O. The minimum Gasteiger partial charge on any atom is -0.368 e. The van der Waals surface area contributed by atoms with E-state index in [-0.39, 0.29) is 11.7 Å². The number of piperazine rings is 1. The Balaban J connectivity index is 1.45. The van der Waals surface area contributed by atoms with Gasteiger partial charge in [-0.2, -0.15) is 5.10 Å². The van der Waals surface area contributed by atoms with Gasteiger partial charge in [-0.3, -0.25) is 9.48 Å². The van der Waals surface area contributed by atoms with Crippen molar-refractivity contribution >= 4 is 11.6 Å². The maximum atomic E-state index is 13.2. The van der Waals surface area contributed by atoms with Crippen molar-refractivity contribution in [1.82, 2.24) is 14.7 Å². The van der Waals surface area contributed by atoms with Gasteiger partial charge in [0.2, 0.25) is 0 Å². The van der Waals surface area contributed by atoms with Gasteiger partial charge in [-0.15, -0.1) is 0 Å². The molecule has 1 aliphatic rings. The van der Waals surface area contributed by atoms with Crippen LogP contribution in [0.1, 0.15) is 32.9 Å². The number of carbonyl (C=O) groups excluding carboxylic acids is 1. The van der Waals surface area contributed by atoms with Crippen LogP contribution >= 0.6 is 0 Å². The Morgan fingerprint density at radius 2 is 1.57 bits per heavy atom. The topological polar surface area (TPSA) is 41.4 Å². The van der Waals surface area contributed by atoms with Crippen LogP contribution in [0.25, 0.3) is 0 Å². The highest BCUT2D eigenvalue weighted by Gasteiger charge is 2.27. The zero-order chi connectivity index (χ0) is 21.3. The van der Waals surface area contributed by atoms with E-state index in [4.69, 9.17) is 0 Å². The maximum absolute atomic E-state index is 13.2. The van der Waals surface area contributed by atoms with Crippen molar-refractivity contribution in [1.29, 1.82) is 0 Å². The first-order chi connectivity index (χ1) is 14.4. The van der Waals surface area contributed by atoms with Crippen LogP contribution in [-0.4, -0.2) is 46.8 Å². The first-order valence-corrected chi connectivity index (χ1v) is 10.3. The van der Waals surface area contributed by atoms with Gasteiger partial charge in [0.05, 0.1) is 17.8 Å². The van der Waals surface area contributed by atoms with Crippen LogP contribution < -0.4 is 4.90 Å². The summed E-state index contributed by atoms with van der Waals surface area (Å²) in [6.45, 7) is 9.32. The van der Waals surface area contributed by atoms with E-state index in [9.17, 15) is 9.18 Å². The SMILES string of the molecule is Cc1ccc(Cn2nc(C)c(C(=O)N3CCN(c4ccc(F)cc4)CC3)c2C)cc1. The van der Waals surface area contributed by atoms with Gasteiger partial charge >= 0.3 is 0 Å². The van der Waals surface area contributed by atoms with Crippen molar-refractivity contribution < 1.29 is 9.18 Å². The van der Waals surface area contributed by atoms with Crippen LogP contribution in [0.4, 0.5) is 10.1 Å². The quantitative estimate of drug-likeness (QED) is 0.659. The summed E-state index contributed by atoms with van der Waals surface area (Å²) in [7, 11) is 0. The van der Waals surface area contributed by atoms with E-state index in [1.165, 1.54) is 17.7 Å². The third-order valence-electron chi connectivity index (χ3n) is 5.81. The molecule has 0 bridgehead atoms. The highest BCUT2D eigenvalue weighted by atomic mass is 19.1. The normalized spacial score (nSPS) is 14.3. The van der Waals surface area contributed by atoms with Crippen LogP contribution in [0, 0.1) is 26.6 Å². The lowest BCUT2D eigenvalue weighted by molar-refractivity contribution is 0.0745. The molecule has 1 fully saturated rings. The third-order valence-corrected chi connectivity index (χ3v) is 5.81. The molecule has 0 N–H and O–H groups in total. The highest BCUT2D eigenvalue weighted by molar-refractivity contribution is 5.96. The summed E-state index contributed by atoms with van der Waals surface area (Å²) in [5.74, 6) is -0.194. The number of carbonyl (C=O) groups is 1. The molecule has 0 aliphatic carbocycles. The molecule has 4 rings (SSSR count). The average Bonchev–Trinajstić information content (AvgIpc) is 3.03. The summed E-state index contributed by atoms with van der Waals surface area (Å²) >= 11 is 0. The summed E-state index contributed by atoms with van der Waals surface area (Å²) in [5.41, 5.74) is 5.75. The molecule has 0 atom stereocenters. The number of rotatable bonds is 4. The number of nitrogens with zero attached hydrogens (tertiary/aromatic N) is 4. The Morgan fingerprint density at radius 3 is 2.20 bits per heavy atom. The second-order valence-corrected chi connectivity index (χ2v) is 7.94. The fraction of sp³-hybridized carbons (Fsp3) is 0.333. The standard InChI is InChI=1S/C24H27FN4O/c1-17-4-6-20(7-5-17)16-29-19(3)23(18(2)26-29)24(30)28-14-12-27(13-15-28)22-10-8-21(25)9-11-22/h4-11H,12-16H2,1-3H3. The van der Waals surface area contributed by atoms with E-state index >= 15 is 0 Å². The fourth-order valence-corrected chi connectivity index (χ4v) is 4.00. The summed E-state index contributed by atoms with van der Waals surface area (Å²) in [5, 5.41) is 4.64. The smallest absolute Gasteiger partial charge is 0.257 e. The van der Waals surface area contributed by atoms with Gasteiger partial charge < -0.3 is 9.80 Å². The molecule has 1 amide bonds. The largest absolute Gasteiger partial charge is 0.368 e. The number of hydrogen-bond acceptors (Lipinski definition) is 3. The number of hydrogen-bond donors (Lipinski definition) is 0. The molecule has 6 heteroatoms. The molecule has 30 heavy (non-hydrogen) atoms. The lowest BCUT2D eigenvalue weighted by Gasteiger charge is -2.36. The molecule has 2 aromatic carbocycles. The van der Waals surface area contributed by atoms with Crippen molar-refractivity contribution in [2.24, 2.45) is 0 Å². The molecule has 0 saturated carbocycles. The van der Waals surface area contributed by atoms with Crippen molar-refractivity contribution in [3.63, 3.8) is 0 Å². The molecule has 0 unspecified atom stereocenters. The molecule has 0 radical (unpaired) electrons. The van der Waals surface area contributed by atoms with Crippen molar-refractivity contribution in [3.8, 4) is 0 Å². The Hall–Kier alpha value is -3.15. The summed E-state index contributed by atoms with van der Waals surface area (Å²) in [6, 6.07) is 14.9. The Bertz CT molecular complexity index is 1030. The second kappa shape index (κ2) is 8.30. The van der Waals surface area contributed by atoms with Gasteiger partial charge in [0, 0.05) is 37.6 Å². The molecule has 1 aliphatic heterocycles. The van der Waals surface area contributed by atoms with Crippen LogP contribution in [0.3, 0.4) is 0 Å². The van der Waals surface area contributed by atoms with Gasteiger partial charge in [0.1, 0.15) is 5.82 Å². The van der Waals surface area contributed by atoms with Gasteiger partial charge in [0.25, 0.3) is 5.91 Å². The van der Waals surface area contributed by atoms with Gasteiger partial charge in [0.15, 0.2) is 0 Å². The predicted octanol–water partition coefficient (Wildman–Crippen LogP) is 3.96. The lowest BCUT2D eigenvalue weighted by atomic mass is 10.1. The average molecular weight is 407 g/mol. The van der Waals surface area contributed by atoms with Gasteiger partial charge in [-0.25, -0.2) is 4.39 Å². The minimum atomic E-state index is -0.235. The van der Waals surface area contributed by atoms with Crippen molar-refractivity contribution in [2.45, 2.75) is 27.3 Å². The Labute approximate surface area is 176 Å². The molecule has 2 heterocycles. The number of amides is 1. The number of halogens is 1. The Morgan fingerprint density at radius 1 is 0.933 bits per heavy atom. The zero-order valence-corrected chi connectivity index (χ0v) is 17.7. The van der Waals surface area contributed by atoms with Crippen molar-refractivity contribution in [3.05, 3.63) is 82.4 Å². The zero-order valence-electron chi connectivity index (χ0n) is 17.7. The minimum absolute atomic E-state index is 0.0407. The van der Waals surface area contributed by atoms with E-state index in [0.717, 1.165) is 35.7 Å². The van der Waals surface area contributed by atoms with Crippen LogP contribution in [-0.2, 0) is 6.54 Å². The van der Waals surface area contributed by atoms with Gasteiger partial charge in [-0.05, 0) is 50.6 Å². The van der Waals surface area contributed by atoms with E-state index in [0.29, 0.717) is 25.2 Å². The highest BCUT2D eigenvalue weighted by Crippen LogP contribution is 2.21. The van der Waals surface area contributed by atoms with E-state index in [2.05, 4.69) is 41.2 Å². The first kappa shape index (κ1) is 20.1. The van der Waals surface area contributed by atoms with E-state index in [1.54, 1.807) is 12.1 Å². The molecule has 3 aromatic rings. The third kappa shape index (κ3) is 4.08. The van der Waals surface area contributed by atoms with E-state index < -0.39 is 0 Å². The summed E-state index contributed by atoms with van der Waals surface area (Å²) in [6.07, 6.45) is 0. The first-order valence-electron chi connectivity index (χ1n) is 10.3. The van der Waals surface area contributed by atoms with Gasteiger partial charge in [-0.1, -0.05) is 29.8 Å². The predicted molar refractivity (Wildman–Crippen MR) is 116 cm³/mol. The van der Waals surface area contributed by atoms with Crippen LogP contribution in [0.2, 0.25) is 0 Å². The molecule has 1 aromatic heterocycles. The number of benzene rings is 2. The molecule has 156 valence electrons. The monoisotopic (exact) mass is 406 g/mol.